The number of rotatable bonds is 9. The maximum absolute atomic E-state index is 13.0. The van der Waals surface area contributed by atoms with Crippen molar-refractivity contribution in [2.24, 2.45) is 0 Å². The van der Waals surface area contributed by atoms with Gasteiger partial charge in [0.1, 0.15) is 5.75 Å². The minimum Gasteiger partial charge on any atom is -0.497 e. The minimum absolute atomic E-state index is 0.138. The number of carbonyl (C=O) groups is 1. The van der Waals surface area contributed by atoms with E-state index in [9.17, 15) is 18.0 Å². The molecule has 0 radical (unpaired) electrons. The lowest BCUT2D eigenvalue weighted by molar-refractivity contribution is -0.137. The average Bonchev–Trinajstić information content (AvgIpc) is 2.90. The summed E-state index contributed by atoms with van der Waals surface area (Å²) in [6, 6.07) is 28.0. The number of methoxy groups -OCH3 is 1. The van der Waals surface area contributed by atoms with Gasteiger partial charge in [-0.25, -0.2) is 0 Å². The first-order chi connectivity index (χ1) is 17.8. The molecule has 7 heteroatoms. The molecule has 4 rings (SSSR count). The van der Waals surface area contributed by atoms with Gasteiger partial charge < -0.3 is 15.4 Å². The molecule has 0 saturated heterocycles. The second kappa shape index (κ2) is 11.6. The number of nitrogens with one attached hydrogen (secondary N) is 2. The highest BCUT2D eigenvalue weighted by Crippen LogP contribution is 2.33. The Morgan fingerprint density at radius 3 is 2.19 bits per heavy atom. The fraction of sp³-hybridized carbons (Fsp3) is 0.167. The normalized spacial score (nSPS) is 11.1. The van der Waals surface area contributed by atoms with E-state index in [1.807, 2.05) is 48.5 Å². The van der Waals surface area contributed by atoms with E-state index in [0.29, 0.717) is 24.4 Å². The predicted octanol–water partition coefficient (Wildman–Crippen LogP) is 7.41. The Kier molecular flexibility index (Phi) is 8.13. The summed E-state index contributed by atoms with van der Waals surface area (Å²) in [7, 11) is 1.58. The van der Waals surface area contributed by atoms with Gasteiger partial charge in [-0.15, -0.1) is 0 Å². The van der Waals surface area contributed by atoms with E-state index < -0.39 is 11.7 Å². The number of benzene rings is 4. The quantitative estimate of drug-likeness (QED) is 0.250. The van der Waals surface area contributed by atoms with E-state index in [0.717, 1.165) is 40.1 Å². The Morgan fingerprint density at radius 2 is 1.54 bits per heavy atom. The summed E-state index contributed by atoms with van der Waals surface area (Å²) in [6.45, 7) is 0.389. The van der Waals surface area contributed by atoms with Gasteiger partial charge >= 0.3 is 6.18 Å². The van der Waals surface area contributed by atoms with Crippen molar-refractivity contribution in [2.45, 2.75) is 19.0 Å². The first-order valence-electron chi connectivity index (χ1n) is 11.8. The van der Waals surface area contributed by atoms with E-state index in [2.05, 4.69) is 10.6 Å². The van der Waals surface area contributed by atoms with Crippen molar-refractivity contribution in [1.82, 2.24) is 0 Å². The molecule has 0 aromatic heterocycles. The zero-order chi connectivity index (χ0) is 26.3. The molecule has 0 aliphatic heterocycles. The summed E-state index contributed by atoms with van der Waals surface area (Å²) in [5.41, 5.74) is 4.53. The van der Waals surface area contributed by atoms with Gasteiger partial charge in [0.05, 0.1) is 12.7 Å². The highest BCUT2D eigenvalue weighted by atomic mass is 19.4. The Balaban J connectivity index is 1.51. The fourth-order valence-corrected chi connectivity index (χ4v) is 4.06. The molecule has 1 amide bonds. The van der Waals surface area contributed by atoms with Crippen LogP contribution in [-0.2, 0) is 17.4 Å². The molecule has 0 unspecified atom stereocenters. The van der Waals surface area contributed by atoms with Crippen molar-refractivity contribution >= 4 is 17.3 Å². The molecule has 0 spiro atoms. The van der Waals surface area contributed by atoms with Gasteiger partial charge in [-0.2, -0.15) is 13.2 Å². The average molecular weight is 505 g/mol. The SMILES string of the molecule is COc1ccc(NC(=O)CCNc2cccc(-c3ccccc3)c2Cc2ccc(C(F)(F)F)cc2)cc1. The van der Waals surface area contributed by atoms with E-state index in [1.54, 1.807) is 31.4 Å². The molecule has 0 aliphatic rings. The number of amides is 1. The summed E-state index contributed by atoms with van der Waals surface area (Å²) in [5, 5.41) is 6.22. The standard InChI is InChI=1S/C30H27F3N2O2/c1-37-25-16-14-24(15-17-25)35-29(36)18-19-34-28-9-5-8-26(22-6-3-2-4-7-22)27(28)20-21-10-12-23(13-11-21)30(31,32)33/h2-17,34H,18-20H2,1H3,(H,35,36). The van der Waals surface area contributed by atoms with Crippen molar-refractivity contribution in [1.29, 1.82) is 0 Å². The molecule has 0 fully saturated rings. The lowest BCUT2D eigenvalue weighted by Crippen LogP contribution is -2.16. The molecular weight excluding hydrogens is 477 g/mol. The number of ether oxygens (including phenoxy) is 1. The van der Waals surface area contributed by atoms with Crippen LogP contribution in [0.25, 0.3) is 11.1 Å². The third-order valence-corrected chi connectivity index (χ3v) is 5.96. The lowest BCUT2D eigenvalue weighted by atomic mass is 9.93. The Bertz CT molecular complexity index is 1320. The van der Waals surface area contributed by atoms with Crippen molar-refractivity contribution in [3.05, 3.63) is 114 Å². The second-order valence-corrected chi connectivity index (χ2v) is 8.52. The van der Waals surface area contributed by atoms with Crippen LogP contribution in [-0.4, -0.2) is 19.6 Å². The van der Waals surface area contributed by atoms with E-state index in [4.69, 9.17) is 4.74 Å². The predicted molar refractivity (Wildman–Crippen MR) is 141 cm³/mol. The van der Waals surface area contributed by atoms with Crippen molar-refractivity contribution in [2.75, 3.05) is 24.3 Å². The summed E-state index contributed by atoms with van der Waals surface area (Å²) >= 11 is 0. The number of hydrogen-bond donors (Lipinski definition) is 2. The molecule has 0 bridgehead atoms. The fourth-order valence-electron chi connectivity index (χ4n) is 4.06. The molecular formula is C30H27F3N2O2. The van der Waals surface area contributed by atoms with Crippen LogP contribution >= 0.6 is 0 Å². The molecule has 4 nitrogen and oxygen atoms in total. The topological polar surface area (TPSA) is 50.4 Å². The van der Waals surface area contributed by atoms with Crippen molar-refractivity contribution in [3.63, 3.8) is 0 Å². The Morgan fingerprint density at radius 1 is 0.838 bits per heavy atom. The maximum Gasteiger partial charge on any atom is 0.416 e. The van der Waals surface area contributed by atoms with Gasteiger partial charge in [0.2, 0.25) is 5.91 Å². The van der Waals surface area contributed by atoms with Crippen LogP contribution in [0.4, 0.5) is 24.5 Å². The van der Waals surface area contributed by atoms with E-state index in [-0.39, 0.29) is 12.3 Å². The number of hydrogen-bond acceptors (Lipinski definition) is 3. The van der Waals surface area contributed by atoms with E-state index in [1.165, 1.54) is 12.1 Å². The number of carbonyl (C=O) groups excluding carboxylic acids is 1. The second-order valence-electron chi connectivity index (χ2n) is 8.52. The number of anilines is 2. The largest absolute Gasteiger partial charge is 0.497 e. The molecule has 0 saturated carbocycles. The Hall–Kier alpha value is -4.26. The third kappa shape index (κ3) is 6.91. The van der Waals surface area contributed by atoms with Gasteiger partial charge in [-0.1, -0.05) is 54.6 Å². The highest BCUT2D eigenvalue weighted by molar-refractivity contribution is 5.91. The van der Waals surface area contributed by atoms with Crippen LogP contribution in [0.3, 0.4) is 0 Å². The van der Waals surface area contributed by atoms with Gasteiger partial charge in [-0.3, -0.25) is 4.79 Å². The molecule has 4 aromatic carbocycles. The summed E-state index contributed by atoms with van der Waals surface area (Å²) < 4.78 is 44.2. The zero-order valence-corrected chi connectivity index (χ0v) is 20.3. The molecule has 0 heterocycles. The Labute approximate surface area is 214 Å². The van der Waals surface area contributed by atoms with Gasteiger partial charge in [0, 0.05) is 30.8 Å². The van der Waals surface area contributed by atoms with Crippen LogP contribution in [0.1, 0.15) is 23.1 Å². The van der Waals surface area contributed by atoms with Gasteiger partial charge in [-0.05, 0) is 64.7 Å². The molecule has 0 aliphatic carbocycles. The zero-order valence-electron chi connectivity index (χ0n) is 20.3. The first kappa shape index (κ1) is 25.8. The molecule has 0 atom stereocenters. The smallest absolute Gasteiger partial charge is 0.416 e. The van der Waals surface area contributed by atoms with Crippen LogP contribution in [0.2, 0.25) is 0 Å². The first-order valence-corrected chi connectivity index (χ1v) is 11.8. The summed E-state index contributed by atoms with van der Waals surface area (Å²) in [5.74, 6) is 0.569. The van der Waals surface area contributed by atoms with Crippen LogP contribution < -0.4 is 15.4 Å². The highest BCUT2D eigenvalue weighted by Gasteiger charge is 2.30. The third-order valence-electron chi connectivity index (χ3n) is 5.96. The molecule has 2 N–H and O–H groups in total. The molecule has 4 aromatic rings. The van der Waals surface area contributed by atoms with Crippen molar-refractivity contribution < 1.29 is 22.7 Å². The van der Waals surface area contributed by atoms with E-state index >= 15 is 0 Å². The molecule has 37 heavy (non-hydrogen) atoms. The minimum atomic E-state index is -4.38. The van der Waals surface area contributed by atoms with Crippen LogP contribution in [0, 0.1) is 0 Å². The van der Waals surface area contributed by atoms with Crippen LogP contribution in [0.15, 0.2) is 97.1 Å². The molecule has 190 valence electrons. The van der Waals surface area contributed by atoms with Gasteiger partial charge in [0.25, 0.3) is 0 Å². The number of halogens is 3. The number of alkyl halides is 3. The van der Waals surface area contributed by atoms with Crippen LogP contribution in [0.5, 0.6) is 5.75 Å². The van der Waals surface area contributed by atoms with Crippen molar-refractivity contribution in [3.8, 4) is 16.9 Å². The lowest BCUT2D eigenvalue weighted by Gasteiger charge is -2.17. The summed E-state index contributed by atoms with van der Waals surface area (Å²) in [6.07, 6.45) is -3.70. The monoisotopic (exact) mass is 504 g/mol. The van der Waals surface area contributed by atoms with Gasteiger partial charge in [0.15, 0.2) is 0 Å². The summed E-state index contributed by atoms with van der Waals surface area (Å²) in [4.78, 5) is 12.5. The maximum atomic E-state index is 13.0.